The van der Waals surface area contributed by atoms with Crippen LogP contribution in [0, 0.1) is 30.9 Å². The third-order valence-electron chi connectivity index (χ3n) is 4.81. The van der Waals surface area contributed by atoms with Gasteiger partial charge in [0.2, 0.25) is 5.60 Å². The Morgan fingerprint density at radius 1 is 1.35 bits per heavy atom. The normalized spacial score (nSPS) is 21.1. The van der Waals surface area contributed by atoms with Crippen LogP contribution in [0.3, 0.4) is 0 Å². The highest BCUT2D eigenvalue weighted by atomic mass is 32.1. The number of terminal acetylenes is 2. The SMILES string of the molecule is C#C[N+](C)(C#C)C(O)(OCC)C(O)(c1cccs1)C1CCCC1. The Kier molecular flexibility index (Phi) is 5.20. The largest absolute Gasteiger partial charge is 0.377 e. The van der Waals surface area contributed by atoms with Crippen LogP contribution in [-0.4, -0.2) is 34.3 Å². The first-order valence-corrected chi connectivity index (χ1v) is 8.72. The molecule has 23 heavy (non-hydrogen) atoms. The van der Waals surface area contributed by atoms with Crippen molar-refractivity contribution in [3.63, 3.8) is 0 Å². The Bertz CT molecular complexity index is 595. The maximum absolute atomic E-state index is 11.7. The van der Waals surface area contributed by atoms with Crippen molar-refractivity contribution in [2.24, 2.45) is 5.92 Å². The number of ether oxygens (including phenoxy) is 1. The van der Waals surface area contributed by atoms with Crippen molar-refractivity contribution in [2.45, 2.75) is 44.1 Å². The first-order chi connectivity index (χ1) is 10.9. The van der Waals surface area contributed by atoms with Crippen LogP contribution in [0.1, 0.15) is 37.5 Å². The van der Waals surface area contributed by atoms with E-state index in [1.807, 2.05) is 11.4 Å². The molecule has 0 spiro atoms. The number of quaternary nitrogens is 1. The van der Waals surface area contributed by atoms with Crippen molar-refractivity contribution >= 4 is 11.3 Å². The van der Waals surface area contributed by atoms with Crippen LogP contribution >= 0.6 is 11.3 Å². The summed E-state index contributed by atoms with van der Waals surface area (Å²) in [5, 5.41) is 25.1. The van der Waals surface area contributed by atoms with Gasteiger partial charge < -0.3 is 10.2 Å². The van der Waals surface area contributed by atoms with E-state index in [2.05, 4.69) is 12.1 Å². The molecule has 1 aromatic rings. The van der Waals surface area contributed by atoms with Crippen molar-refractivity contribution in [3.05, 3.63) is 22.4 Å². The first-order valence-electron chi connectivity index (χ1n) is 7.84. The Balaban J connectivity index is 2.68. The lowest BCUT2D eigenvalue weighted by Gasteiger charge is -2.48. The Labute approximate surface area is 142 Å². The molecule has 1 aliphatic carbocycles. The summed E-state index contributed by atoms with van der Waals surface area (Å²) in [5.41, 5.74) is -1.67. The molecule has 2 atom stereocenters. The number of aliphatic hydroxyl groups is 2. The van der Waals surface area contributed by atoms with E-state index in [9.17, 15) is 10.2 Å². The summed E-state index contributed by atoms with van der Waals surface area (Å²) in [7, 11) is 1.50. The molecule has 1 heterocycles. The zero-order valence-corrected chi connectivity index (χ0v) is 14.5. The maximum Gasteiger partial charge on any atom is 0.377 e. The lowest BCUT2D eigenvalue weighted by molar-refractivity contribution is -0.918. The molecule has 1 aliphatic rings. The van der Waals surface area contributed by atoms with Gasteiger partial charge in [0, 0.05) is 10.8 Å². The van der Waals surface area contributed by atoms with Gasteiger partial charge >= 0.3 is 5.91 Å². The predicted molar refractivity (Wildman–Crippen MR) is 90.6 cm³/mol. The van der Waals surface area contributed by atoms with E-state index in [1.165, 1.54) is 18.4 Å². The maximum atomic E-state index is 11.7. The van der Waals surface area contributed by atoms with Crippen molar-refractivity contribution in [2.75, 3.05) is 13.7 Å². The van der Waals surface area contributed by atoms with Gasteiger partial charge in [0.15, 0.2) is 12.1 Å². The number of thiophene rings is 1. The van der Waals surface area contributed by atoms with Gasteiger partial charge in [-0.05, 0) is 31.2 Å². The van der Waals surface area contributed by atoms with Gasteiger partial charge in [-0.1, -0.05) is 31.8 Å². The number of rotatable bonds is 6. The summed E-state index contributed by atoms with van der Waals surface area (Å²) in [6, 6.07) is 8.46. The van der Waals surface area contributed by atoms with Crippen molar-refractivity contribution in [1.29, 1.82) is 0 Å². The zero-order valence-electron chi connectivity index (χ0n) is 13.7. The van der Waals surface area contributed by atoms with Gasteiger partial charge in [0.1, 0.15) is 0 Å². The molecule has 5 heteroatoms. The van der Waals surface area contributed by atoms with Gasteiger partial charge in [-0.3, -0.25) is 4.74 Å². The van der Waals surface area contributed by atoms with Gasteiger partial charge in [-0.25, -0.2) is 0 Å². The smallest absolute Gasteiger partial charge is 0.373 e. The summed E-state index contributed by atoms with van der Waals surface area (Å²) in [4.78, 5) is 0.621. The lowest BCUT2D eigenvalue weighted by Crippen LogP contribution is -2.71. The predicted octanol–water partition coefficient (Wildman–Crippen LogP) is 2.44. The van der Waals surface area contributed by atoms with Crippen LogP contribution in [0.2, 0.25) is 0 Å². The molecule has 1 saturated carbocycles. The monoisotopic (exact) mass is 334 g/mol. The molecule has 1 fully saturated rings. The second-order valence-corrected chi connectivity index (χ2v) is 6.98. The molecule has 0 bridgehead atoms. The summed E-state index contributed by atoms with van der Waals surface area (Å²) < 4.78 is 5.00. The van der Waals surface area contributed by atoms with Gasteiger partial charge in [-0.2, -0.15) is 0 Å². The molecule has 0 aromatic carbocycles. The van der Waals surface area contributed by atoms with Crippen LogP contribution in [0.5, 0.6) is 0 Å². The number of hydrogen-bond donors (Lipinski definition) is 2. The molecule has 0 saturated heterocycles. The van der Waals surface area contributed by atoms with Gasteiger partial charge in [0.25, 0.3) is 0 Å². The zero-order chi connectivity index (χ0) is 17.1. The van der Waals surface area contributed by atoms with Crippen molar-refractivity contribution in [3.8, 4) is 24.9 Å². The molecular formula is C18H24NO3S+. The highest BCUT2D eigenvalue weighted by Crippen LogP contribution is 2.51. The molecule has 124 valence electrons. The second kappa shape index (κ2) is 6.65. The Morgan fingerprint density at radius 2 is 1.96 bits per heavy atom. The number of hydrogen-bond acceptors (Lipinski definition) is 4. The molecule has 2 rings (SSSR count). The van der Waals surface area contributed by atoms with Crippen LogP contribution in [0.4, 0.5) is 0 Å². The Morgan fingerprint density at radius 3 is 2.39 bits per heavy atom. The van der Waals surface area contributed by atoms with Gasteiger partial charge in [0.05, 0.1) is 13.7 Å². The Hall–Kier alpha value is -1.34. The van der Waals surface area contributed by atoms with Crippen LogP contribution in [0.25, 0.3) is 0 Å². The van der Waals surface area contributed by atoms with E-state index >= 15 is 0 Å². The summed E-state index contributed by atoms with van der Waals surface area (Å²) in [5.74, 6) is -2.29. The molecule has 0 aliphatic heterocycles. The fourth-order valence-corrected chi connectivity index (χ4v) is 4.40. The highest BCUT2D eigenvalue weighted by Gasteiger charge is 2.68. The molecule has 0 amide bonds. The van der Waals surface area contributed by atoms with Crippen LogP contribution in [0.15, 0.2) is 17.5 Å². The van der Waals surface area contributed by atoms with E-state index in [4.69, 9.17) is 17.6 Å². The van der Waals surface area contributed by atoms with Crippen LogP contribution in [-0.2, 0) is 10.3 Å². The molecular weight excluding hydrogens is 310 g/mol. The third kappa shape index (κ3) is 2.59. The minimum Gasteiger partial charge on any atom is -0.373 e. The van der Waals surface area contributed by atoms with Crippen LogP contribution < -0.4 is 0 Å². The molecule has 0 radical (unpaired) electrons. The minimum absolute atomic E-state index is 0.170. The minimum atomic E-state index is -2.12. The fraction of sp³-hybridized carbons (Fsp3) is 0.556. The molecule has 2 N–H and O–H groups in total. The fourth-order valence-electron chi connectivity index (χ4n) is 3.46. The van der Waals surface area contributed by atoms with E-state index in [0.717, 1.165) is 25.7 Å². The van der Waals surface area contributed by atoms with E-state index in [1.54, 1.807) is 13.0 Å². The third-order valence-corrected chi connectivity index (χ3v) is 5.80. The van der Waals surface area contributed by atoms with E-state index < -0.39 is 16.0 Å². The van der Waals surface area contributed by atoms with Gasteiger partial charge in [-0.15, -0.1) is 15.8 Å². The summed E-state index contributed by atoms with van der Waals surface area (Å²) >= 11 is 1.37. The number of nitrogens with zero attached hydrogens (tertiary/aromatic N) is 1. The average molecular weight is 334 g/mol. The molecule has 4 nitrogen and oxygen atoms in total. The number of likely N-dealkylation sites (N-methyl/N-ethyl adjacent to an activating group) is 1. The quantitative estimate of drug-likeness (QED) is 0.477. The summed E-state index contributed by atoms with van der Waals surface area (Å²) in [6.07, 6.45) is 14.8. The van der Waals surface area contributed by atoms with E-state index in [-0.39, 0.29) is 12.5 Å². The highest BCUT2D eigenvalue weighted by molar-refractivity contribution is 7.10. The molecule has 1 aromatic heterocycles. The molecule has 2 unspecified atom stereocenters. The van der Waals surface area contributed by atoms with Crippen molar-refractivity contribution < 1.29 is 19.4 Å². The van der Waals surface area contributed by atoms with E-state index in [0.29, 0.717) is 4.88 Å². The standard InChI is InChI=1S/C18H24NO3S/c1-5-19(4,6-2)18(21,22-7-3)17(20,15-11-8-9-12-15)16-13-10-14-23-16/h1-2,10,13-15,20-21H,7-9,11-12H2,3-4H3/q+1. The average Bonchev–Trinajstić information content (AvgIpc) is 3.26. The van der Waals surface area contributed by atoms with Crippen molar-refractivity contribution in [1.82, 2.24) is 0 Å². The topological polar surface area (TPSA) is 49.7 Å². The lowest BCUT2D eigenvalue weighted by atomic mass is 9.79. The summed E-state index contributed by atoms with van der Waals surface area (Å²) in [6.45, 7) is 1.92. The first kappa shape index (κ1) is 18.0. The second-order valence-electron chi connectivity index (χ2n) is 6.03.